The number of aliphatic hydroxyl groups excluding tert-OH is 3. The Labute approximate surface area is 380 Å². The number of nitrogens with one attached hydrogen (secondary N) is 1. The highest BCUT2D eigenvalue weighted by Crippen LogP contribution is 2.17. The molecule has 5 nitrogen and oxygen atoms in total. The second-order valence-electron chi connectivity index (χ2n) is 18.4. The van der Waals surface area contributed by atoms with Crippen molar-refractivity contribution in [1.82, 2.24) is 5.32 Å². The maximum absolute atomic E-state index is 12.4. The molecule has 4 N–H and O–H groups in total. The summed E-state index contributed by atoms with van der Waals surface area (Å²) in [6.07, 6.45) is 67.2. The molecule has 0 aromatic carbocycles. The van der Waals surface area contributed by atoms with Crippen LogP contribution in [0.4, 0.5) is 0 Å². The van der Waals surface area contributed by atoms with E-state index in [2.05, 4.69) is 67.8 Å². The molecule has 61 heavy (non-hydrogen) atoms. The number of rotatable bonds is 49. The first-order chi connectivity index (χ1) is 30.1. The Bertz CT molecular complexity index is 989. The van der Waals surface area contributed by atoms with Gasteiger partial charge in [0, 0.05) is 6.42 Å². The van der Waals surface area contributed by atoms with Crippen LogP contribution in [0.3, 0.4) is 0 Å². The fraction of sp³-hybridized carbons (Fsp3) is 0.839. The molecular weight excluding hydrogens is 751 g/mol. The lowest BCUT2D eigenvalue weighted by molar-refractivity contribution is -0.124. The maximum Gasteiger partial charge on any atom is 0.220 e. The predicted molar refractivity (Wildman–Crippen MR) is 268 cm³/mol. The summed E-state index contributed by atoms with van der Waals surface area (Å²) in [5, 5.41) is 33.4. The van der Waals surface area contributed by atoms with E-state index in [0.717, 1.165) is 57.8 Å². The van der Waals surface area contributed by atoms with Crippen LogP contribution in [0.2, 0.25) is 0 Å². The molecule has 0 fully saturated rings. The van der Waals surface area contributed by atoms with Crippen molar-refractivity contribution in [3.8, 4) is 0 Å². The number of carbonyl (C=O) groups excluding carboxylic acids is 1. The van der Waals surface area contributed by atoms with Crippen molar-refractivity contribution in [1.29, 1.82) is 0 Å². The Morgan fingerprint density at radius 3 is 1.16 bits per heavy atom. The normalized spacial score (nSPS) is 13.7. The Kier molecular flexibility index (Phi) is 49.5. The van der Waals surface area contributed by atoms with Crippen LogP contribution in [0, 0.1) is 0 Å². The Morgan fingerprint density at radius 1 is 0.410 bits per heavy atom. The standard InChI is InChI=1S/C56H105NO4/c1-3-5-7-9-11-13-15-16-17-18-19-20-21-22-23-24-25-26-27-28-29-30-31-32-33-34-35-36-37-38-39-40-41-43-45-47-49-51-55(60)57-53(52-58)56(61)54(59)50-48-46-44-42-14-12-10-8-6-4-2/h8,10,23-24,26-27,42,44,53-54,56,58-59,61H,3-7,9,11-22,25,28-41,43,45-52H2,1-2H3,(H,57,60)/b10-8+,24-23-,27-26-,44-42+. The molecule has 0 aliphatic rings. The molecule has 0 aliphatic heterocycles. The predicted octanol–water partition coefficient (Wildman–Crippen LogP) is 16.4. The number of allylic oxidation sites excluding steroid dienone is 8. The molecule has 3 atom stereocenters. The third-order valence-corrected chi connectivity index (χ3v) is 12.4. The molecule has 358 valence electrons. The zero-order chi connectivity index (χ0) is 44.4. The second-order valence-corrected chi connectivity index (χ2v) is 18.4. The smallest absolute Gasteiger partial charge is 0.220 e. The quantitative estimate of drug-likeness (QED) is 0.0362. The zero-order valence-electron chi connectivity index (χ0n) is 40.8. The van der Waals surface area contributed by atoms with E-state index in [4.69, 9.17) is 0 Å². The summed E-state index contributed by atoms with van der Waals surface area (Å²) in [6.45, 7) is 4.09. The first-order valence-electron chi connectivity index (χ1n) is 26.9. The molecule has 0 radical (unpaired) electrons. The summed E-state index contributed by atoms with van der Waals surface area (Å²) >= 11 is 0. The molecule has 0 aromatic heterocycles. The van der Waals surface area contributed by atoms with Crippen molar-refractivity contribution in [2.75, 3.05) is 6.61 Å². The van der Waals surface area contributed by atoms with E-state index >= 15 is 0 Å². The zero-order valence-corrected chi connectivity index (χ0v) is 40.8. The Hall–Kier alpha value is -1.69. The van der Waals surface area contributed by atoms with Gasteiger partial charge in [-0.25, -0.2) is 0 Å². The fourth-order valence-electron chi connectivity index (χ4n) is 8.22. The van der Waals surface area contributed by atoms with E-state index in [-0.39, 0.29) is 12.5 Å². The molecule has 0 aliphatic carbocycles. The summed E-state index contributed by atoms with van der Waals surface area (Å²) in [5.74, 6) is -0.159. The lowest BCUT2D eigenvalue weighted by atomic mass is 10.0. The molecule has 0 heterocycles. The fourth-order valence-corrected chi connectivity index (χ4v) is 8.22. The minimum absolute atomic E-state index is 0.159. The molecule has 0 aromatic rings. The van der Waals surface area contributed by atoms with Gasteiger partial charge >= 0.3 is 0 Å². The van der Waals surface area contributed by atoms with E-state index in [1.165, 1.54) is 193 Å². The number of unbranched alkanes of at least 4 members (excludes halogenated alkanes) is 33. The van der Waals surface area contributed by atoms with E-state index in [9.17, 15) is 20.1 Å². The van der Waals surface area contributed by atoms with Gasteiger partial charge in [0.1, 0.15) is 6.10 Å². The molecule has 1 amide bonds. The molecular formula is C56H105NO4. The SMILES string of the molecule is CCC/C=C/CC/C=C/CCCC(O)C(O)C(CO)NC(=O)CCCCCCCCCCCCCCCCCCC/C=C\C/C=C\CCCCCCCCCCCCCCC. The topological polar surface area (TPSA) is 89.8 Å². The van der Waals surface area contributed by atoms with Gasteiger partial charge in [0.15, 0.2) is 0 Å². The van der Waals surface area contributed by atoms with Crippen molar-refractivity contribution >= 4 is 5.91 Å². The second kappa shape index (κ2) is 50.9. The highest BCUT2D eigenvalue weighted by molar-refractivity contribution is 5.76. The van der Waals surface area contributed by atoms with Crippen molar-refractivity contribution in [3.63, 3.8) is 0 Å². The van der Waals surface area contributed by atoms with Crippen molar-refractivity contribution in [2.24, 2.45) is 0 Å². The highest BCUT2D eigenvalue weighted by atomic mass is 16.3. The summed E-state index contributed by atoms with van der Waals surface area (Å²) < 4.78 is 0. The van der Waals surface area contributed by atoms with Crippen molar-refractivity contribution in [2.45, 2.75) is 295 Å². The number of aliphatic hydroxyl groups is 3. The van der Waals surface area contributed by atoms with Crippen molar-refractivity contribution in [3.05, 3.63) is 48.6 Å². The van der Waals surface area contributed by atoms with Gasteiger partial charge in [-0.3, -0.25) is 4.79 Å². The number of carbonyl (C=O) groups is 1. The first-order valence-corrected chi connectivity index (χ1v) is 26.9. The largest absolute Gasteiger partial charge is 0.394 e. The van der Waals surface area contributed by atoms with Gasteiger partial charge in [-0.2, -0.15) is 0 Å². The summed E-state index contributed by atoms with van der Waals surface area (Å²) in [4.78, 5) is 12.4. The number of hydrogen-bond acceptors (Lipinski definition) is 4. The van der Waals surface area contributed by atoms with E-state index in [1.54, 1.807) is 0 Å². The van der Waals surface area contributed by atoms with Crippen LogP contribution in [0.15, 0.2) is 48.6 Å². The lowest BCUT2D eigenvalue weighted by Crippen LogP contribution is -2.50. The molecule has 3 unspecified atom stereocenters. The summed E-state index contributed by atoms with van der Waals surface area (Å²) in [7, 11) is 0. The van der Waals surface area contributed by atoms with Crippen molar-refractivity contribution < 1.29 is 20.1 Å². The lowest BCUT2D eigenvalue weighted by Gasteiger charge is -2.26. The van der Waals surface area contributed by atoms with Gasteiger partial charge in [-0.05, 0) is 77.0 Å². The Balaban J connectivity index is 3.46. The summed E-state index contributed by atoms with van der Waals surface area (Å²) in [5.41, 5.74) is 0. The van der Waals surface area contributed by atoms with Crippen LogP contribution in [0.5, 0.6) is 0 Å². The average molecular weight is 856 g/mol. The highest BCUT2D eigenvalue weighted by Gasteiger charge is 2.26. The molecule has 0 saturated heterocycles. The third kappa shape index (κ3) is 46.1. The van der Waals surface area contributed by atoms with Crippen LogP contribution in [0.25, 0.3) is 0 Å². The van der Waals surface area contributed by atoms with E-state index in [1.807, 2.05) is 0 Å². The molecule has 0 spiro atoms. The maximum atomic E-state index is 12.4. The van der Waals surface area contributed by atoms with Gasteiger partial charge in [0.05, 0.1) is 18.8 Å². The van der Waals surface area contributed by atoms with Gasteiger partial charge in [0.25, 0.3) is 0 Å². The molecule has 5 heteroatoms. The number of hydrogen-bond donors (Lipinski definition) is 4. The molecule has 0 bridgehead atoms. The molecule has 0 rings (SSSR count). The van der Waals surface area contributed by atoms with Crippen LogP contribution in [0.1, 0.15) is 277 Å². The summed E-state index contributed by atoms with van der Waals surface area (Å²) in [6, 6.07) is -0.831. The molecule has 0 saturated carbocycles. The van der Waals surface area contributed by atoms with Gasteiger partial charge in [0.2, 0.25) is 5.91 Å². The van der Waals surface area contributed by atoms with Crippen LogP contribution in [-0.4, -0.2) is 46.1 Å². The Morgan fingerprint density at radius 2 is 0.754 bits per heavy atom. The monoisotopic (exact) mass is 856 g/mol. The average Bonchev–Trinajstić information content (AvgIpc) is 3.26. The van der Waals surface area contributed by atoms with E-state index in [0.29, 0.717) is 12.8 Å². The van der Waals surface area contributed by atoms with Crippen LogP contribution in [-0.2, 0) is 4.79 Å². The minimum Gasteiger partial charge on any atom is -0.394 e. The van der Waals surface area contributed by atoms with Gasteiger partial charge in [-0.15, -0.1) is 0 Å². The van der Waals surface area contributed by atoms with Crippen LogP contribution >= 0.6 is 0 Å². The van der Waals surface area contributed by atoms with Crippen LogP contribution < -0.4 is 5.32 Å². The van der Waals surface area contributed by atoms with Gasteiger partial charge in [-0.1, -0.05) is 242 Å². The first kappa shape index (κ1) is 59.3. The third-order valence-electron chi connectivity index (χ3n) is 12.4. The van der Waals surface area contributed by atoms with Gasteiger partial charge < -0.3 is 20.6 Å². The minimum atomic E-state index is -1.17. The van der Waals surface area contributed by atoms with E-state index < -0.39 is 18.2 Å². The number of amides is 1.